The van der Waals surface area contributed by atoms with Crippen LogP contribution >= 0.6 is 12.6 Å². The zero-order chi connectivity index (χ0) is 13.5. The van der Waals surface area contributed by atoms with E-state index >= 15 is 0 Å². The van der Waals surface area contributed by atoms with Gasteiger partial charge in [0.1, 0.15) is 0 Å². The summed E-state index contributed by atoms with van der Waals surface area (Å²) in [6, 6.07) is 7.64. The minimum absolute atomic E-state index is 0.0533. The van der Waals surface area contributed by atoms with Gasteiger partial charge in [-0.25, -0.2) is 4.98 Å². The molecule has 0 unspecified atom stereocenters. The van der Waals surface area contributed by atoms with Crippen LogP contribution in [0.2, 0.25) is 0 Å². The van der Waals surface area contributed by atoms with Crippen LogP contribution in [0.1, 0.15) is 12.0 Å². The summed E-state index contributed by atoms with van der Waals surface area (Å²) < 4.78 is 2.00. The van der Waals surface area contributed by atoms with Crippen LogP contribution in [0, 0.1) is 0 Å². The van der Waals surface area contributed by atoms with E-state index < -0.39 is 0 Å². The van der Waals surface area contributed by atoms with Crippen molar-refractivity contribution in [1.29, 1.82) is 0 Å². The van der Waals surface area contributed by atoms with E-state index in [4.69, 9.17) is 0 Å². The number of carbonyl (C=O) groups excluding carboxylic acids is 1. The molecule has 5 heteroatoms. The second kappa shape index (κ2) is 6.99. The van der Waals surface area contributed by atoms with Gasteiger partial charge in [0.2, 0.25) is 5.91 Å². The van der Waals surface area contributed by atoms with Crippen molar-refractivity contribution in [3.05, 3.63) is 48.5 Å². The summed E-state index contributed by atoms with van der Waals surface area (Å²) in [5.41, 5.74) is 1.00. The Morgan fingerprint density at radius 2 is 2.11 bits per heavy atom. The maximum absolute atomic E-state index is 11.7. The number of aromatic nitrogens is 2. The van der Waals surface area contributed by atoms with Crippen LogP contribution in [0.15, 0.2) is 47.9 Å². The van der Waals surface area contributed by atoms with Crippen molar-refractivity contribution in [3.63, 3.8) is 0 Å². The van der Waals surface area contributed by atoms with Crippen molar-refractivity contribution in [2.45, 2.75) is 24.3 Å². The summed E-state index contributed by atoms with van der Waals surface area (Å²) >= 11 is 4.21. The van der Waals surface area contributed by atoms with E-state index in [9.17, 15) is 4.79 Å². The number of amides is 1. The lowest BCUT2D eigenvalue weighted by Crippen LogP contribution is -2.26. The van der Waals surface area contributed by atoms with Gasteiger partial charge in [0.15, 0.2) is 0 Å². The highest BCUT2D eigenvalue weighted by Gasteiger charge is 2.02. The zero-order valence-corrected chi connectivity index (χ0v) is 11.5. The molecule has 1 aromatic heterocycles. The maximum Gasteiger partial charge on any atom is 0.224 e. The third-order valence-electron chi connectivity index (χ3n) is 2.78. The molecule has 2 aromatic rings. The molecule has 0 saturated heterocycles. The quantitative estimate of drug-likeness (QED) is 0.625. The SMILES string of the molecule is O=C(Cc1ccc(S)cc1)NCCCn1ccnc1. The van der Waals surface area contributed by atoms with Crippen LogP contribution in [0.5, 0.6) is 0 Å². The van der Waals surface area contributed by atoms with Crippen LogP contribution in [0.4, 0.5) is 0 Å². The third kappa shape index (κ3) is 4.79. The smallest absolute Gasteiger partial charge is 0.224 e. The number of benzene rings is 1. The van der Waals surface area contributed by atoms with Gasteiger partial charge in [0.05, 0.1) is 12.7 Å². The van der Waals surface area contributed by atoms with E-state index in [1.165, 1.54) is 0 Å². The van der Waals surface area contributed by atoms with Crippen LogP contribution < -0.4 is 5.32 Å². The predicted octanol–water partition coefficient (Wildman–Crippen LogP) is 1.92. The van der Waals surface area contributed by atoms with Gasteiger partial charge in [0, 0.05) is 30.4 Å². The van der Waals surface area contributed by atoms with Gasteiger partial charge in [-0.15, -0.1) is 12.6 Å². The molecule has 0 aliphatic heterocycles. The summed E-state index contributed by atoms with van der Waals surface area (Å²) in [4.78, 5) is 16.6. The Kier molecular flexibility index (Phi) is 5.03. The number of nitrogens with one attached hydrogen (secondary N) is 1. The Labute approximate surface area is 118 Å². The standard InChI is InChI=1S/C14H17N3OS/c18-14(10-12-2-4-13(19)5-3-12)16-6-1-8-17-9-7-15-11-17/h2-5,7,9,11,19H,1,6,8,10H2,(H,16,18). The summed E-state index contributed by atoms with van der Waals surface area (Å²) in [7, 11) is 0. The molecule has 1 aromatic carbocycles. The fourth-order valence-corrected chi connectivity index (χ4v) is 1.92. The summed E-state index contributed by atoms with van der Waals surface area (Å²) in [5, 5.41) is 2.92. The minimum Gasteiger partial charge on any atom is -0.356 e. The first-order valence-corrected chi connectivity index (χ1v) is 6.69. The third-order valence-corrected chi connectivity index (χ3v) is 3.07. The van der Waals surface area contributed by atoms with Gasteiger partial charge in [-0.05, 0) is 24.1 Å². The van der Waals surface area contributed by atoms with Crippen LogP contribution in [-0.2, 0) is 17.8 Å². The van der Waals surface area contributed by atoms with Gasteiger partial charge in [-0.1, -0.05) is 12.1 Å². The number of carbonyl (C=O) groups is 1. The van der Waals surface area contributed by atoms with Gasteiger partial charge in [-0.3, -0.25) is 4.79 Å². The van der Waals surface area contributed by atoms with Crippen molar-refractivity contribution in [2.24, 2.45) is 0 Å². The average Bonchev–Trinajstić information content (AvgIpc) is 2.91. The summed E-state index contributed by atoms with van der Waals surface area (Å²) in [6.07, 6.45) is 6.77. The number of aryl methyl sites for hydroxylation is 1. The van der Waals surface area contributed by atoms with E-state index in [-0.39, 0.29) is 5.91 Å². The number of hydrogen-bond donors (Lipinski definition) is 2. The van der Waals surface area contributed by atoms with E-state index in [1.807, 2.05) is 35.0 Å². The predicted molar refractivity (Wildman–Crippen MR) is 77.3 cm³/mol. The molecular weight excluding hydrogens is 258 g/mol. The Balaban J connectivity index is 1.65. The maximum atomic E-state index is 11.7. The lowest BCUT2D eigenvalue weighted by atomic mass is 10.1. The highest BCUT2D eigenvalue weighted by molar-refractivity contribution is 7.80. The highest BCUT2D eigenvalue weighted by Crippen LogP contribution is 2.08. The Hall–Kier alpha value is -1.75. The second-order valence-electron chi connectivity index (χ2n) is 4.35. The fraction of sp³-hybridized carbons (Fsp3) is 0.286. The molecule has 1 amide bonds. The topological polar surface area (TPSA) is 46.9 Å². The molecule has 0 fully saturated rings. The van der Waals surface area contributed by atoms with Crippen LogP contribution in [0.25, 0.3) is 0 Å². The number of nitrogens with zero attached hydrogens (tertiary/aromatic N) is 2. The Morgan fingerprint density at radius 1 is 1.32 bits per heavy atom. The molecule has 0 saturated carbocycles. The first-order valence-electron chi connectivity index (χ1n) is 6.24. The Bertz CT molecular complexity index is 508. The number of thiol groups is 1. The van der Waals surface area contributed by atoms with E-state index in [0.29, 0.717) is 13.0 Å². The van der Waals surface area contributed by atoms with Crippen LogP contribution in [0.3, 0.4) is 0 Å². The normalized spacial score (nSPS) is 10.4. The van der Waals surface area contributed by atoms with Crippen molar-refractivity contribution in [3.8, 4) is 0 Å². The molecule has 0 bridgehead atoms. The van der Waals surface area contributed by atoms with Crippen molar-refractivity contribution in [2.75, 3.05) is 6.54 Å². The molecule has 1 N–H and O–H groups in total. The molecule has 4 nitrogen and oxygen atoms in total. The van der Waals surface area contributed by atoms with Gasteiger partial charge >= 0.3 is 0 Å². The highest BCUT2D eigenvalue weighted by atomic mass is 32.1. The monoisotopic (exact) mass is 275 g/mol. The molecule has 0 aliphatic carbocycles. The lowest BCUT2D eigenvalue weighted by Gasteiger charge is -2.06. The van der Waals surface area contributed by atoms with Crippen molar-refractivity contribution >= 4 is 18.5 Å². The summed E-state index contributed by atoms with van der Waals surface area (Å²) in [5.74, 6) is 0.0533. The largest absolute Gasteiger partial charge is 0.356 e. The number of hydrogen-bond acceptors (Lipinski definition) is 3. The average molecular weight is 275 g/mol. The second-order valence-corrected chi connectivity index (χ2v) is 4.86. The lowest BCUT2D eigenvalue weighted by molar-refractivity contribution is -0.120. The first-order chi connectivity index (χ1) is 9.24. The number of imidazole rings is 1. The zero-order valence-electron chi connectivity index (χ0n) is 10.6. The molecule has 100 valence electrons. The minimum atomic E-state index is 0.0533. The van der Waals surface area contributed by atoms with Crippen molar-refractivity contribution in [1.82, 2.24) is 14.9 Å². The summed E-state index contributed by atoms with van der Waals surface area (Å²) in [6.45, 7) is 1.55. The van der Waals surface area contributed by atoms with E-state index in [0.717, 1.165) is 23.4 Å². The van der Waals surface area contributed by atoms with Gasteiger partial charge < -0.3 is 9.88 Å². The molecule has 0 aliphatic rings. The molecule has 0 atom stereocenters. The molecule has 0 radical (unpaired) electrons. The molecule has 19 heavy (non-hydrogen) atoms. The number of rotatable bonds is 6. The van der Waals surface area contributed by atoms with Gasteiger partial charge in [-0.2, -0.15) is 0 Å². The fourth-order valence-electron chi connectivity index (χ4n) is 1.77. The van der Waals surface area contributed by atoms with Gasteiger partial charge in [0.25, 0.3) is 0 Å². The van der Waals surface area contributed by atoms with Crippen molar-refractivity contribution < 1.29 is 4.79 Å². The molecule has 2 rings (SSSR count). The first kappa shape index (κ1) is 13.7. The van der Waals surface area contributed by atoms with E-state index in [2.05, 4.69) is 22.9 Å². The molecule has 0 spiro atoms. The molecule has 1 heterocycles. The molecular formula is C14H17N3OS. The van der Waals surface area contributed by atoms with Crippen LogP contribution in [-0.4, -0.2) is 22.0 Å². The van der Waals surface area contributed by atoms with E-state index in [1.54, 1.807) is 12.5 Å². The Morgan fingerprint density at radius 3 is 2.79 bits per heavy atom.